The molecule has 1 N–H and O–H groups in total. The molecule has 108 valence electrons. The van der Waals surface area contributed by atoms with Crippen molar-refractivity contribution in [1.82, 2.24) is 4.98 Å². The van der Waals surface area contributed by atoms with Gasteiger partial charge in [0.05, 0.1) is 6.54 Å². The van der Waals surface area contributed by atoms with Gasteiger partial charge in [-0.1, -0.05) is 30.3 Å². The molecule has 0 spiro atoms. The first-order valence-electron chi connectivity index (χ1n) is 6.64. The summed E-state index contributed by atoms with van der Waals surface area (Å²) in [6, 6.07) is 27.3. The second-order valence-electron chi connectivity index (χ2n) is 4.51. The normalized spacial score (nSPS) is 9.71. The number of hydrogen-bond donors (Lipinski definition) is 1. The standard InChI is InChI=1S/C18H15N2.Pt/c1-3-8-15(9-4-1)18-13-7-12-17(20-18)14-19-16-10-5-2-6-11-16;/h1-8,10-13,19H,14H2;/q-1;. The Hall–Kier alpha value is -1.92. The van der Waals surface area contributed by atoms with Crippen LogP contribution in [0.3, 0.4) is 0 Å². The molecule has 2 aromatic carbocycles. The zero-order valence-corrected chi connectivity index (χ0v) is 13.7. The Balaban J connectivity index is 0.00000161. The maximum atomic E-state index is 4.66. The Bertz CT molecular complexity index is 669. The van der Waals surface area contributed by atoms with E-state index in [4.69, 9.17) is 0 Å². The van der Waals surface area contributed by atoms with Crippen LogP contribution in [0, 0.1) is 6.07 Å². The molecule has 3 aromatic rings. The van der Waals surface area contributed by atoms with Crippen molar-refractivity contribution in [3.63, 3.8) is 0 Å². The third-order valence-electron chi connectivity index (χ3n) is 3.04. The second kappa shape index (κ2) is 7.75. The van der Waals surface area contributed by atoms with Gasteiger partial charge in [0.25, 0.3) is 0 Å². The maximum Gasteiger partial charge on any atom is 0.0563 e. The van der Waals surface area contributed by atoms with E-state index in [9.17, 15) is 0 Å². The number of anilines is 1. The molecule has 0 radical (unpaired) electrons. The van der Waals surface area contributed by atoms with Crippen LogP contribution >= 0.6 is 0 Å². The summed E-state index contributed by atoms with van der Waals surface area (Å²) < 4.78 is 0. The fourth-order valence-electron chi connectivity index (χ4n) is 2.03. The minimum atomic E-state index is 0. The van der Waals surface area contributed by atoms with Crippen molar-refractivity contribution in [1.29, 1.82) is 0 Å². The fraction of sp³-hybridized carbons (Fsp3) is 0.0556. The molecular formula is C18H15N2Pt-. The van der Waals surface area contributed by atoms with Gasteiger partial charge in [0.15, 0.2) is 0 Å². The topological polar surface area (TPSA) is 24.9 Å². The Morgan fingerprint density at radius 1 is 0.857 bits per heavy atom. The van der Waals surface area contributed by atoms with Crippen LogP contribution in [0.15, 0.2) is 72.8 Å². The van der Waals surface area contributed by atoms with Gasteiger partial charge in [-0.2, -0.15) is 0 Å². The van der Waals surface area contributed by atoms with E-state index in [1.807, 2.05) is 60.7 Å². The minimum Gasteiger partial charge on any atom is -0.379 e. The van der Waals surface area contributed by atoms with Crippen LogP contribution in [0.1, 0.15) is 5.69 Å². The van der Waals surface area contributed by atoms with E-state index in [-0.39, 0.29) is 21.1 Å². The molecule has 0 aliphatic heterocycles. The first-order chi connectivity index (χ1) is 9.92. The smallest absolute Gasteiger partial charge is 0.0563 e. The first-order valence-corrected chi connectivity index (χ1v) is 6.64. The summed E-state index contributed by atoms with van der Waals surface area (Å²) in [5.41, 5.74) is 4.10. The number of benzene rings is 2. The number of para-hydroxylation sites is 1. The molecule has 0 fully saturated rings. The van der Waals surface area contributed by atoms with Crippen LogP contribution in [0.2, 0.25) is 0 Å². The zero-order chi connectivity index (χ0) is 13.6. The zero-order valence-electron chi connectivity index (χ0n) is 11.4. The largest absolute Gasteiger partial charge is 0.379 e. The van der Waals surface area contributed by atoms with E-state index in [0.29, 0.717) is 6.54 Å². The molecule has 0 saturated heterocycles. The number of nitrogens with zero attached hydrogens (tertiary/aromatic N) is 1. The van der Waals surface area contributed by atoms with Gasteiger partial charge in [-0.3, -0.25) is 4.98 Å². The Morgan fingerprint density at radius 2 is 1.67 bits per heavy atom. The summed E-state index contributed by atoms with van der Waals surface area (Å²) in [6.07, 6.45) is 0. The summed E-state index contributed by atoms with van der Waals surface area (Å²) in [4.78, 5) is 4.66. The third-order valence-corrected chi connectivity index (χ3v) is 3.04. The van der Waals surface area contributed by atoms with Gasteiger partial charge in [0, 0.05) is 32.4 Å². The van der Waals surface area contributed by atoms with E-state index in [0.717, 1.165) is 22.6 Å². The predicted octanol–water partition coefficient (Wildman–Crippen LogP) is 4.16. The van der Waals surface area contributed by atoms with Gasteiger partial charge < -0.3 is 5.32 Å². The van der Waals surface area contributed by atoms with Crippen LogP contribution in [0.5, 0.6) is 0 Å². The van der Waals surface area contributed by atoms with Crippen molar-refractivity contribution < 1.29 is 21.1 Å². The second-order valence-corrected chi connectivity index (χ2v) is 4.51. The molecule has 0 amide bonds. The van der Waals surface area contributed by atoms with Crippen LogP contribution in [-0.2, 0) is 27.6 Å². The molecule has 3 rings (SSSR count). The van der Waals surface area contributed by atoms with Crippen LogP contribution in [0.4, 0.5) is 5.69 Å². The molecule has 0 unspecified atom stereocenters. The van der Waals surface area contributed by atoms with Crippen molar-refractivity contribution in [2.24, 2.45) is 0 Å². The summed E-state index contributed by atoms with van der Waals surface area (Å²) >= 11 is 0. The number of nitrogens with one attached hydrogen (secondary N) is 1. The molecule has 0 aliphatic carbocycles. The third kappa shape index (κ3) is 4.27. The fourth-order valence-corrected chi connectivity index (χ4v) is 2.03. The average Bonchev–Trinajstić information content (AvgIpc) is 2.55. The molecule has 1 heterocycles. The molecule has 0 bridgehead atoms. The molecule has 2 nitrogen and oxygen atoms in total. The molecule has 21 heavy (non-hydrogen) atoms. The van der Waals surface area contributed by atoms with E-state index in [2.05, 4.69) is 28.5 Å². The van der Waals surface area contributed by atoms with Crippen molar-refractivity contribution in [3.8, 4) is 11.3 Å². The molecule has 3 heteroatoms. The summed E-state index contributed by atoms with van der Waals surface area (Å²) in [6.45, 7) is 0.713. The van der Waals surface area contributed by atoms with E-state index in [1.54, 1.807) is 0 Å². The maximum absolute atomic E-state index is 4.66. The summed E-state index contributed by atoms with van der Waals surface area (Å²) in [5.74, 6) is 0. The van der Waals surface area contributed by atoms with Gasteiger partial charge in [-0.25, -0.2) is 0 Å². The number of rotatable bonds is 4. The summed E-state index contributed by atoms with van der Waals surface area (Å²) in [7, 11) is 0. The molecule has 0 aliphatic rings. The van der Waals surface area contributed by atoms with Crippen molar-refractivity contribution >= 4 is 5.69 Å². The minimum absolute atomic E-state index is 0. The van der Waals surface area contributed by atoms with Crippen LogP contribution in [-0.4, -0.2) is 4.98 Å². The van der Waals surface area contributed by atoms with Crippen molar-refractivity contribution in [2.75, 3.05) is 5.32 Å². The van der Waals surface area contributed by atoms with Gasteiger partial charge in [-0.15, -0.1) is 35.9 Å². The Morgan fingerprint density at radius 3 is 2.43 bits per heavy atom. The Labute approximate surface area is 139 Å². The molecule has 0 atom stereocenters. The quantitative estimate of drug-likeness (QED) is 0.599. The predicted molar refractivity (Wildman–Crippen MR) is 82.3 cm³/mol. The summed E-state index contributed by atoms with van der Waals surface area (Å²) in [5, 5.41) is 3.37. The van der Waals surface area contributed by atoms with E-state index >= 15 is 0 Å². The van der Waals surface area contributed by atoms with Crippen molar-refractivity contribution in [2.45, 2.75) is 6.54 Å². The number of aromatic nitrogens is 1. The number of pyridine rings is 1. The van der Waals surface area contributed by atoms with Gasteiger partial charge in [0.2, 0.25) is 0 Å². The molecular weight excluding hydrogens is 439 g/mol. The average molecular weight is 454 g/mol. The van der Waals surface area contributed by atoms with Crippen LogP contribution < -0.4 is 5.32 Å². The van der Waals surface area contributed by atoms with E-state index in [1.165, 1.54) is 0 Å². The number of hydrogen-bond acceptors (Lipinski definition) is 2. The molecule has 1 aromatic heterocycles. The first kappa shape index (κ1) is 15.5. The van der Waals surface area contributed by atoms with Crippen molar-refractivity contribution in [3.05, 3.63) is 84.6 Å². The SMILES string of the molecule is [Pt].[c-]1ccccc1-c1cccc(CNc2ccccc2)n1. The van der Waals surface area contributed by atoms with Gasteiger partial charge in [-0.05, 0) is 23.9 Å². The molecule has 0 saturated carbocycles. The van der Waals surface area contributed by atoms with Gasteiger partial charge >= 0.3 is 0 Å². The van der Waals surface area contributed by atoms with Crippen LogP contribution in [0.25, 0.3) is 11.3 Å². The monoisotopic (exact) mass is 454 g/mol. The van der Waals surface area contributed by atoms with E-state index < -0.39 is 0 Å². The van der Waals surface area contributed by atoms with Gasteiger partial charge in [0.1, 0.15) is 0 Å². The Kier molecular flexibility index (Phi) is 5.71.